The van der Waals surface area contributed by atoms with Crippen LogP contribution in [0.4, 0.5) is 22.7 Å². The van der Waals surface area contributed by atoms with E-state index in [1.165, 1.54) is 22.6 Å². The number of para-hydroxylation sites is 2. The molecule has 3 heterocycles. The summed E-state index contributed by atoms with van der Waals surface area (Å²) < 4.78 is 13.6. The largest absolute Gasteiger partial charge is 0.457 e. The van der Waals surface area contributed by atoms with Crippen molar-refractivity contribution in [3.8, 4) is 23.1 Å². The van der Waals surface area contributed by atoms with Crippen LogP contribution in [0.15, 0.2) is 121 Å². The molecule has 2 aliphatic heterocycles. The smallest absolute Gasteiger partial charge is 0.225 e. The molecule has 0 bridgehead atoms. The number of nitrogens with zero attached hydrogens (tertiary/aromatic N) is 3. The molecule has 0 saturated carbocycles. The predicted octanol–water partition coefficient (Wildman–Crippen LogP) is 9.30. The number of quaternary nitrogens is 2. The van der Waals surface area contributed by atoms with Crippen LogP contribution in [0.25, 0.3) is 0 Å². The number of rotatable bonds is 6. The van der Waals surface area contributed by atoms with Gasteiger partial charge in [-0.25, -0.2) is 4.98 Å². The van der Waals surface area contributed by atoms with E-state index in [0.29, 0.717) is 26.6 Å². The van der Waals surface area contributed by atoms with E-state index in [4.69, 9.17) is 9.47 Å². The fourth-order valence-electron chi connectivity index (χ4n) is 5.66. The Morgan fingerprint density at radius 3 is 1.85 bits per heavy atom. The summed E-state index contributed by atoms with van der Waals surface area (Å²) in [5.74, 6) is 2.71. The van der Waals surface area contributed by atoms with Crippen LogP contribution in [0, 0.1) is 6.67 Å². The van der Waals surface area contributed by atoms with Gasteiger partial charge < -0.3 is 9.47 Å². The van der Waals surface area contributed by atoms with Gasteiger partial charge in [0.25, 0.3) is 0 Å². The summed E-state index contributed by atoms with van der Waals surface area (Å²) in [7, 11) is 0. The number of pyridine rings is 1. The maximum Gasteiger partial charge on any atom is 0.225 e. The fraction of sp³-hybridized carbons (Fsp3) is 0.118. The van der Waals surface area contributed by atoms with Crippen molar-refractivity contribution in [2.24, 2.45) is 0 Å². The van der Waals surface area contributed by atoms with Crippen LogP contribution < -0.4 is 18.7 Å². The van der Waals surface area contributed by atoms with Gasteiger partial charge in [-0.15, -0.1) is 0 Å². The molecule has 1 unspecified atom stereocenters. The molecule has 0 amide bonds. The third kappa shape index (κ3) is 3.66. The second-order valence-corrected chi connectivity index (χ2v) is 11.1. The minimum absolute atomic E-state index is 0.0764. The Kier molecular flexibility index (Phi) is 5.17. The topological polar surface area (TPSA) is 31.4 Å². The number of fused-ring (bicyclic) bond motifs is 4. The van der Waals surface area contributed by atoms with Gasteiger partial charge in [-0.3, -0.25) is 0 Å². The van der Waals surface area contributed by atoms with Gasteiger partial charge in [-0.1, -0.05) is 63.2 Å². The molecule has 0 radical (unpaired) electrons. The van der Waals surface area contributed by atoms with Crippen LogP contribution in [0.1, 0.15) is 26.3 Å². The van der Waals surface area contributed by atoms with Gasteiger partial charge in [0.15, 0.2) is 18.0 Å². The molecule has 0 aliphatic carbocycles. The van der Waals surface area contributed by atoms with Crippen LogP contribution in [-0.4, -0.2) is 4.98 Å². The van der Waals surface area contributed by atoms with Crippen molar-refractivity contribution in [1.29, 1.82) is 0 Å². The average molecular weight is 513 g/mol. The number of aromatic nitrogens is 1. The molecule has 1 fully saturated rings. The first-order valence-electron chi connectivity index (χ1n) is 13.2. The highest BCUT2D eigenvalue weighted by molar-refractivity contribution is 5.96. The molecule has 2 aliphatic rings. The number of ether oxygens (including phenoxy) is 2. The summed E-state index contributed by atoms with van der Waals surface area (Å²) in [6, 6.07) is 39.4. The lowest BCUT2D eigenvalue weighted by atomic mass is 9.87. The molecule has 0 N–H and O–H groups in total. The van der Waals surface area contributed by atoms with Crippen molar-refractivity contribution >= 4 is 22.7 Å². The zero-order chi connectivity index (χ0) is 26.7. The molecule has 2 atom stereocenters. The molecular weight excluding hydrogens is 482 g/mol. The Balaban J connectivity index is 1.22. The van der Waals surface area contributed by atoms with Crippen LogP contribution >= 0.6 is 0 Å². The lowest BCUT2D eigenvalue weighted by molar-refractivity contribution is 0.422. The third-order valence-electron chi connectivity index (χ3n) is 7.61. The van der Waals surface area contributed by atoms with E-state index in [1.807, 2.05) is 48.5 Å². The first-order valence-corrected chi connectivity index (χ1v) is 13.2. The minimum atomic E-state index is 0.0764. The highest BCUT2D eigenvalue weighted by Gasteiger charge is 2.77. The van der Waals surface area contributed by atoms with E-state index >= 15 is 0 Å². The lowest BCUT2D eigenvalue weighted by Gasteiger charge is -2.40. The van der Waals surface area contributed by atoms with E-state index in [9.17, 15) is 0 Å². The fourth-order valence-corrected chi connectivity index (χ4v) is 5.66. The van der Waals surface area contributed by atoms with E-state index < -0.39 is 0 Å². The molecule has 7 rings (SSSR count). The Labute approximate surface area is 229 Å². The second kappa shape index (κ2) is 8.53. The summed E-state index contributed by atoms with van der Waals surface area (Å²) in [5.41, 5.74) is 6.45. The molecule has 5 aromatic rings. The standard InChI is InChI=1S/C34H30N3O2/c1-34(2,3)25-11-8-12-26(21-25)36-24-37(36,32-18-5-4-17-31(32)36)27-13-9-14-28(22-27)38-29-15-10-16-30(23-29)39-33-19-6-7-20-35-33/h4-24H,1-3H3/q+1/t36-,37?/m0/s1. The molecule has 192 valence electrons. The maximum atomic E-state index is 6.34. The zero-order valence-corrected chi connectivity index (χ0v) is 22.3. The normalized spacial score (nSPS) is 20.8. The molecular formula is C34H30N3O2+. The van der Waals surface area contributed by atoms with E-state index in [2.05, 4.69) is 99.2 Å². The highest BCUT2D eigenvalue weighted by atomic mass is 16.5. The molecule has 5 heteroatoms. The first kappa shape index (κ1) is 23.7. The van der Waals surface area contributed by atoms with Crippen molar-refractivity contribution in [3.05, 3.63) is 134 Å². The summed E-state index contributed by atoms with van der Waals surface area (Å²) in [6.45, 7) is 9.19. The minimum Gasteiger partial charge on any atom is -0.457 e. The van der Waals surface area contributed by atoms with Crippen LogP contribution in [0.2, 0.25) is 0 Å². The Hall–Kier alpha value is -4.45. The molecule has 1 aromatic heterocycles. The zero-order valence-electron chi connectivity index (χ0n) is 22.3. The second-order valence-electron chi connectivity index (χ2n) is 11.1. The quantitative estimate of drug-likeness (QED) is 0.129. The SMILES string of the molecule is CC(C)(C)c1cccc([N@+]23[CH-][N+]2(c2cccc(Oc4cccc(Oc5ccccn5)c4)c2)c2ccccc23)c1. The van der Waals surface area contributed by atoms with Gasteiger partial charge in [0.2, 0.25) is 17.3 Å². The third-order valence-corrected chi connectivity index (χ3v) is 7.61. The van der Waals surface area contributed by atoms with E-state index in [-0.39, 0.29) is 5.41 Å². The van der Waals surface area contributed by atoms with Gasteiger partial charge in [0.05, 0.1) is 0 Å². The summed E-state index contributed by atoms with van der Waals surface area (Å²) in [5, 5.41) is 0. The van der Waals surface area contributed by atoms with Crippen molar-refractivity contribution < 1.29 is 9.47 Å². The van der Waals surface area contributed by atoms with Crippen LogP contribution in [-0.2, 0) is 5.41 Å². The molecule has 4 aromatic carbocycles. The van der Waals surface area contributed by atoms with Gasteiger partial charge in [0, 0.05) is 54.7 Å². The summed E-state index contributed by atoms with van der Waals surface area (Å²) in [4.78, 5) is 4.25. The van der Waals surface area contributed by atoms with E-state index in [1.54, 1.807) is 6.20 Å². The highest BCUT2D eigenvalue weighted by Crippen LogP contribution is 2.75. The van der Waals surface area contributed by atoms with Crippen LogP contribution in [0.3, 0.4) is 0 Å². The maximum absolute atomic E-state index is 6.34. The molecule has 39 heavy (non-hydrogen) atoms. The van der Waals surface area contributed by atoms with Gasteiger partial charge in [-0.2, -0.15) is 9.18 Å². The Bertz CT molecular complexity index is 1690. The van der Waals surface area contributed by atoms with Crippen molar-refractivity contribution in [1.82, 2.24) is 14.2 Å². The van der Waals surface area contributed by atoms with Crippen LogP contribution in [0.5, 0.6) is 23.1 Å². The molecule has 5 nitrogen and oxygen atoms in total. The molecule has 1 saturated heterocycles. The first-order chi connectivity index (χ1) is 18.9. The Morgan fingerprint density at radius 1 is 0.590 bits per heavy atom. The van der Waals surface area contributed by atoms with Crippen molar-refractivity contribution in [2.75, 3.05) is 0 Å². The van der Waals surface area contributed by atoms with Gasteiger partial charge in [-0.05, 0) is 35.2 Å². The van der Waals surface area contributed by atoms with Crippen molar-refractivity contribution in [3.63, 3.8) is 0 Å². The lowest BCUT2D eigenvalue weighted by Crippen LogP contribution is -2.46. The van der Waals surface area contributed by atoms with Gasteiger partial charge in [0.1, 0.15) is 17.2 Å². The number of benzene rings is 4. The summed E-state index contributed by atoms with van der Waals surface area (Å²) >= 11 is 0. The van der Waals surface area contributed by atoms with Crippen molar-refractivity contribution in [2.45, 2.75) is 26.2 Å². The molecule has 0 spiro atoms. The summed E-state index contributed by atoms with van der Waals surface area (Å²) in [6.07, 6.45) is 1.71. The Morgan fingerprint density at radius 2 is 1.18 bits per heavy atom. The van der Waals surface area contributed by atoms with E-state index in [0.717, 1.165) is 11.4 Å². The number of hydrogen-bond donors (Lipinski definition) is 0. The number of hydrogen-bond acceptors (Lipinski definition) is 3. The van der Waals surface area contributed by atoms with Gasteiger partial charge >= 0.3 is 0 Å². The predicted molar refractivity (Wildman–Crippen MR) is 156 cm³/mol. The monoisotopic (exact) mass is 512 g/mol. The average Bonchev–Trinajstić information content (AvgIpc) is 3.57.